The van der Waals surface area contributed by atoms with Crippen LogP contribution in [-0.4, -0.2) is 48.1 Å². The van der Waals surface area contributed by atoms with E-state index in [0.29, 0.717) is 11.0 Å². The van der Waals surface area contributed by atoms with Crippen molar-refractivity contribution in [1.82, 2.24) is 14.9 Å². The Morgan fingerprint density at radius 1 is 0.733 bits per heavy atom. The molecule has 0 fully saturated rings. The quantitative estimate of drug-likeness (QED) is 0.450. The Kier molecular flexibility index (Phi) is 5.99. The molecule has 0 aliphatic heterocycles. The lowest BCUT2D eigenvalue weighted by Gasteiger charge is -2.19. The molecule has 0 saturated heterocycles. The van der Waals surface area contributed by atoms with E-state index >= 15 is 0 Å². The molecule has 7 heteroatoms. The number of hydrogen-bond donors (Lipinski definition) is 2. The van der Waals surface area contributed by atoms with Crippen molar-refractivity contribution >= 4 is 33.2 Å². The van der Waals surface area contributed by atoms with E-state index in [2.05, 4.69) is 32.5 Å². The van der Waals surface area contributed by atoms with Gasteiger partial charge in [0.1, 0.15) is 11.6 Å². The zero-order valence-corrected chi connectivity index (χ0v) is 16.7. The monoisotopic (exact) mass is 407 g/mol. The van der Waals surface area contributed by atoms with Crippen LogP contribution in [0.3, 0.4) is 0 Å². The van der Waals surface area contributed by atoms with Crippen molar-refractivity contribution in [3.8, 4) is 0 Å². The average molecular weight is 407 g/mol. The van der Waals surface area contributed by atoms with Crippen LogP contribution >= 0.6 is 0 Å². The first kappa shape index (κ1) is 20.0. The maximum Gasteiger partial charge on any atom is 0.125 e. The van der Waals surface area contributed by atoms with Crippen LogP contribution < -0.4 is 10.6 Å². The predicted molar refractivity (Wildman–Crippen MR) is 118 cm³/mol. The van der Waals surface area contributed by atoms with E-state index in [1.807, 2.05) is 12.1 Å². The summed E-state index contributed by atoms with van der Waals surface area (Å²) in [4.78, 5) is 10.6. The van der Waals surface area contributed by atoms with Gasteiger partial charge in [-0.25, -0.2) is 8.78 Å². The highest BCUT2D eigenvalue weighted by Gasteiger charge is 2.05. The lowest BCUT2D eigenvalue weighted by molar-refractivity contribution is 0.361. The fourth-order valence-electron chi connectivity index (χ4n) is 3.43. The van der Waals surface area contributed by atoms with Crippen molar-refractivity contribution in [3.05, 3.63) is 72.6 Å². The highest BCUT2D eigenvalue weighted by atomic mass is 19.1. The maximum atomic E-state index is 13.4. The minimum atomic E-state index is -0.286. The van der Waals surface area contributed by atoms with Crippen molar-refractivity contribution in [2.24, 2.45) is 0 Å². The average Bonchev–Trinajstić information content (AvgIpc) is 2.73. The molecule has 5 nitrogen and oxygen atoms in total. The number of pyridine rings is 2. The summed E-state index contributed by atoms with van der Waals surface area (Å²) in [6.07, 6.45) is 3.37. The van der Waals surface area contributed by atoms with Gasteiger partial charge in [-0.1, -0.05) is 0 Å². The fourth-order valence-corrected chi connectivity index (χ4v) is 3.43. The standard InChI is InChI=1S/C23H23F2N5/c1-30(12-10-28-20-6-8-26-22-14-16(24)2-4-18(20)22)13-11-29-21-7-9-27-23-15-17(25)3-5-19(21)23/h2-9,14-15H,10-13H2,1H3,(H,26,28)(H,27,29). The van der Waals surface area contributed by atoms with Crippen LogP contribution in [0.2, 0.25) is 0 Å². The van der Waals surface area contributed by atoms with Crippen molar-refractivity contribution < 1.29 is 8.78 Å². The second-order valence-corrected chi connectivity index (χ2v) is 7.20. The van der Waals surface area contributed by atoms with Gasteiger partial charge in [0.15, 0.2) is 0 Å². The molecule has 4 rings (SSSR count). The molecule has 2 aromatic carbocycles. The first-order valence-corrected chi connectivity index (χ1v) is 9.85. The summed E-state index contributed by atoms with van der Waals surface area (Å²) in [5, 5.41) is 8.63. The van der Waals surface area contributed by atoms with Crippen LogP contribution in [0.4, 0.5) is 20.2 Å². The van der Waals surface area contributed by atoms with E-state index in [4.69, 9.17) is 0 Å². The summed E-state index contributed by atoms with van der Waals surface area (Å²) in [7, 11) is 2.06. The predicted octanol–water partition coefficient (Wildman–Crippen LogP) is 4.52. The number of rotatable bonds is 8. The second-order valence-electron chi connectivity index (χ2n) is 7.20. The van der Waals surface area contributed by atoms with Crippen LogP contribution in [0.1, 0.15) is 0 Å². The third-order valence-corrected chi connectivity index (χ3v) is 5.03. The highest BCUT2D eigenvalue weighted by molar-refractivity contribution is 5.91. The molecule has 0 spiro atoms. The molecule has 0 aliphatic carbocycles. The van der Waals surface area contributed by atoms with E-state index in [1.54, 1.807) is 24.5 Å². The van der Waals surface area contributed by atoms with Gasteiger partial charge in [-0.15, -0.1) is 0 Å². The minimum absolute atomic E-state index is 0.286. The van der Waals surface area contributed by atoms with Gasteiger partial charge in [0.25, 0.3) is 0 Å². The molecule has 0 unspecified atom stereocenters. The number of aromatic nitrogens is 2. The zero-order valence-electron chi connectivity index (χ0n) is 16.7. The Morgan fingerprint density at radius 3 is 1.67 bits per heavy atom. The highest BCUT2D eigenvalue weighted by Crippen LogP contribution is 2.23. The van der Waals surface area contributed by atoms with Gasteiger partial charge in [-0.2, -0.15) is 0 Å². The molecule has 0 amide bonds. The first-order valence-electron chi connectivity index (χ1n) is 9.85. The van der Waals surface area contributed by atoms with E-state index in [0.717, 1.165) is 48.3 Å². The third kappa shape index (κ3) is 4.63. The Morgan fingerprint density at radius 2 is 1.20 bits per heavy atom. The van der Waals surface area contributed by atoms with Crippen LogP contribution in [0.15, 0.2) is 60.9 Å². The van der Waals surface area contributed by atoms with Crippen LogP contribution in [0.25, 0.3) is 21.8 Å². The number of fused-ring (bicyclic) bond motifs is 2. The molecule has 154 valence electrons. The van der Waals surface area contributed by atoms with Crippen molar-refractivity contribution in [2.45, 2.75) is 0 Å². The third-order valence-electron chi connectivity index (χ3n) is 5.03. The summed E-state index contributed by atoms with van der Waals surface area (Å²) >= 11 is 0. The topological polar surface area (TPSA) is 53.1 Å². The molecule has 30 heavy (non-hydrogen) atoms. The van der Waals surface area contributed by atoms with Crippen LogP contribution in [0, 0.1) is 11.6 Å². The summed E-state index contributed by atoms with van der Waals surface area (Å²) in [5.74, 6) is -0.571. The van der Waals surface area contributed by atoms with Gasteiger partial charge in [0.05, 0.1) is 11.0 Å². The zero-order chi connectivity index (χ0) is 20.9. The SMILES string of the molecule is CN(CCNc1ccnc2cc(F)ccc12)CCNc1ccnc2cc(F)ccc12. The van der Waals surface area contributed by atoms with Gasteiger partial charge >= 0.3 is 0 Å². The molecule has 2 aromatic heterocycles. The molecule has 2 heterocycles. The maximum absolute atomic E-state index is 13.4. The Labute approximate surface area is 173 Å². The Bertz CT molecular complexity index is 1070. The van der Waals surface area contributed by atoms with E-state index < -0.39 is 0 Å². The largest absolute Gasteiger partial charge is 0.383 e. The second kappa shape index (κ2) is 9.00. The summed E-state index contributed by atoms with van der Waals surface area (Å²) in [6, 6.07) is 13.1. The van der Waals surface area contributed by atoms with Gasteiger partial charge in [-0.3, -0.25) is 9.97 Å². The number of nitrogens with zero attached hydrogens (tertiary/aromatic N) is 3. The molecule has 2 N–H and O–H groups in total. The molecular weight excluding hydrogens is 384 g/mol. The lowest BCUT2D eigenvalue weighted by Crippen LogP contribution is -2.29. The van der Waals surface area contributed by atoms with Gasteiger partial charge < -0.3 is 15.5 Å². The summed E-state index contributed by atoms with van der Waals surface area (Å²) in [6.45, 7) is 3.19. The number of likely N-dealkylation sites (N-methyl/N-ethyl adjacent to an activating group) is 1. The lowest BCUT2D eigenvalue weighted by atomic mass is 10.2. The number of benzene rings is 2. The Balaban J connectivity index is 1.28. The summed E-state index contributed by atoms with van der Waals surface area (Å²) < 4.78 is 26.8. The van der Waals surface area contributed by atoms with Gasteiger partial charge in [0, 0.05) is 72.9 Å². The Hall–Kier alpha value is -3.32. The van der Waals surface area contributed by atoms with E-state index in [1.165, 1.54) is 24.3 Å². The number of halogens is 2. The fraction of sp³-hybridized carbons (Fsp3) is 0.217. The van der Waals surface area contributed by atoms with Crippen molar-refractivity contribution in [1.29, 1.82) is 0 Å². The van der Waals surface area contributed by atoms with Crippen molar-refractivity contribution in [3.63, 3.8) is 0 Å². The number of nitrogens with one attached hydrogen (secondary N) is 2. The molecule has 0 atom stereocenters. The first-order chi connectivity index (χ1) is 14.6. The summed E-state index contributed by atoms with van der Waals surface area (Å²) in [5.41, 5.74) is 3.17. The van der Waals surface area contributed by atoms with Crippen LogP contribution in [0.5, 0.6) is 0 Å². The minimum Gasteiger partial charge on any atom is -0.383 e. The smallest absolute Gasteiger partial charge is 0.125 e. The molecular formula is C23H23F2N5. The van der Waals surface area contributed by atoms with E-state index in [9.17, 15) is 8.78 Å². The molecule has 0 bridgehead atoms. The van der Waals surface area contributed by atoms with E-state index in [-0.39, 0.29) is 11.6 Å². The van der Waals surface area contributed by atoms with Crippen molar-refractivity contribution in [2.75, 3.05) is 43.9 Å². The number of hydrogen-bond acceptors (Lipinski definition) is 5. The van der Waals surface area contributed by atoms with Crippen LogP contribution in [-0.2, 0) is 0 Å². The normalized spacial score (nSPS) is 11.3. The molecule has 4 aromatic rings. The molecule has 0 aliphatic rings. The molecule has 0 radical (unpaired) electrons. The molecule has 0 saturated carbocycles. The number of anilines is 2. The van der Waals surface area contributed by atoms with Gasteiger partial charge in [-0.05, 0) is 43.4 Å². The van der Waals surface area contributed by atoms with Gasteiger partial charge in [0.2, 0.25) is 0 Å².